The van der Waals surface area contributed by atoms with E-state index < -0.39 is 0 Å². The molecule has 0 aliphatic carbocycles. The Labute approximate surface area is 98.1 Å². The van der Waals surface area contributed by atoms with Crippen LogP contribution in [0.4, 0.5) is 0 Å². The maximum atomic E-state index is 5.57. The molecule has 0 radical (unpaired) electrons. The third kappa shape index (κ3) is 5.38. The zero-order chi connectivity index (χ0) is 11.6. The zero-order valence-electron chi connectivity index (χ0n) is 9.78. The summed E-state index contributed by atoms with van der Waals surface area (Å²) in [6.07, 6.45) is 9.03. The summed E-state index contributed by atoms with van der Waals surface area (Å²) in [6.45, 7) is 3.53. The van der Waals surface area contributed by atoms with Crippen molar-refractivity contribution in [2.45, 2.75) is 26.4 Å². The first-order chi connectivity index (χ1) is 7.83. The van der Waals surface area contributed by atoms with Gasteiger partial charge in [-0.15, -0.1) is 6.42 Å². The molecule has 0 fully saturated rings. The molecule has 0 spiro atoms. The molecule has 0 saturated carbocycles. The van der Waals surface area contributed by atoms with Crippen LogP contribution in [-0.2, 0) is 11.3 Å². The summed E-state index contributed by atoms with van der Waals surface area (Å²) in [4.78, 5) is 0. The highest BCUT2D eigenvalue weighted by molar-refractivity contribution is 5.15. The number of allylic oxidation sites excluding steroid dienone is 2. The number of ether oxygens (including phenoxy) is 1. The van der Waals surface area contributed by atoms with Gasteiger partial charge in [0, 0.05) is 6.61 Å². The van der Waals surface area contributed by atoms with Crippen molar-refractivity contribution in [1.29, 1.82) is 0 Å². The van der Waals surface area contributed by atoms with Crippen LogP contribution in [0.3, 0.4) is 0 Å². The average Bonchev–Trinajstić information content (AvgIpc) is 2.30. The van der Waals surface area contributed by atoms with Crippen LogP contribution >= 0.6 is 0 Å². The number of rotatable bonds is 6. The minimum Gasteiger partial charge on any atom is -0.377 e. The fraction of sp³-hybridized carbons (Fsp3) is 0.333. The lowest BCUT2D eigenvalue weighted by Crippen LogP contribution is -1.95. The standard InChI is InChI=1S/C15H18O/c1-3-8-14(2)9-7-12-16-13-15-10-5-4-6-11-15/h1,4-6,8,10-11H,7,9,12-13H2,2H3. The van der Waals surface area contributed by atoms with Crippen molar-refractivity contribution >= 4 is 0 Å². The van der Waals surface area contributed by atoms with E-state index in [1.54, 1.807) is 0 Å². The van der Waals surface area contributed by atoms with Gasteiger partial charge in [0.2, 0.25) is 0 Å². The van der Waals surface area contributed by atoms with Crippen LogP contribution in [-0.4, -0.2) is 6.61 Å². The Morgan fingerprint density at radius 1 is 1.38 bits per heavy atom. The molecule has 0 saturated heterocycles. The summed E-state index contributed by atoms with van der Waals surface area (Å²) < 4.78 is 5.57. The highest BCUT2D eigenvalue weighted by Crippen LogP contribution is 2.05. The largest absolute Gasteiger partial charge is 0.377 e. The van der Waals surface area contributed by atoms with E-state index in [2.05, 4.69) is 25.0 Å². The predicted octanol–water partition coefficient (Wildman–Crippen LogP) is 3.56. The van der Waals surface area contributed by atoms with Gasteiger partial charge in [-0.05, 0) is 31.4 Å². The van der Waals surface area contributed by atoms with Gasteiger partial charge in [-0.2, -0.15) is 0 Å². The summed E-state index contributed by atoms with van der Waals surface area (Å²) in [5, 5.41) is 0. The summed E-state index contributed by atoms with van der Waals surface area (Å²) in [5.41, 5.74) is 2.46. The SMILES string of the molecule is C#CC=C(C)CCCOCc1ccccc1. The van der Waals surface area contributed by atoms with Crippen molar-refractivity contribution in [3.05, 3.63) is 47.5 Å². The molecule has 1 aromatic rings. The molecule has 0 unspecified atom stereocenters. The Morgan fingerprint density at radius 3 is 2.81 bits per heavy atom. The average molecular weight is 214 g/mol. The molecule has 0 bridgehead atoms. The van der Waals surface area contributed by atoms with Gasteiger partial charge in [0.25, 0.3) is 0 Å². The van der Waals surface area contributed by atoms with Crippen LogP contribution in [0, 0.1) is 12.3 Å². The fourth-order valence-corrected chi connectivity index (χ4v) is 1.43. The van der Waals surface area contributed by atoms with E-state index in [-0.39, 0.29) is 0 Å². The van der Waals surface area contributed by atoms with Gasteiger partial charge in [0.05, 0.1) is 6.61 Å². The van der Waals surface area contributed by atoms with E-state index in [0.717, 1.165) is 19.4 Å². The Balaban J connectivity index is 2.09. The Kier molecular flexibility index (Phi) is 6.06. The first-order valence-electron chi connectivity index (χ1n) is 5.56. The van der Waals surface area contributed by atoms with Gasteiger partial charge in [0.15, 0.2) is 0 Å². The number of hydrogen-bond acceptors (Lipinski definition) is 1. The van der Waals surface area contributed by atoms with Crippen molar-refractivity contribution < 1.29 is 4.74 Å². The summed E-state index contributed by atoms with van der Waals surface area (Å²) in [5.74, 6) is 2.53. The van der Waals surface area contributed by atoms with Crippen LogP contribution in [0.15, 0.2) is 42.0 Å². The van der Waals surface area contributed by atoms with E-state index in [9.17, 15) is 0 Å². The van der Waals surface area contributed by atoms with Crippen LogP contribution < -0.4 is 0 Å². The molecule has 0 N–H and O–H groups in total. The lowest BCUT2D eigenvalue weighted by molar-refractivity contribution is 0.118. The zero-order valence-corrected chi connectivity index (χ0v) is 9.78. The van der Waals surface area contributed by atoms with Gasteiger partial charge in [-0.25, -0.2) is 0 Å². The molecular formula is C15H18O. The molecule has 16 heavy (non-hydrogen) atoms. The number of benzene rings is 1. The van der Waals surface area contributed by atoms with Crippen LogP contribution in [0.2, 0.25) is 0 Å². The molecule has 1 nitrogen and oxygen atoms in total. The van der Waals surface area contributed by atoms with Gasteiger partial charge in [0.1, 0.15) is 0 Å². The molecule has 0 aliphatic heterocycles. The molecule has 0 aliphatic rings. The summed E-state index contributed by atoms with van der Waals surface area (Å²) in [6, 6.07) is 10.2. The lowest BCUT2D eigenvalue weighted by Gasteiger charge is -2.04. The minimum atomic E-state index is 0.693. The smallest absolute Gasteiger partial charge is 0.0716 e. The summed E-state index contributed by atoms with van der Waals surface area (Å²) >= 11 is 0. The molecule has 84 valence electrons. The van der Waals surface area contributed by atoms with Crippen molar-refractivity contribution in [1.82, 2.24) is 0 Å². The minimum absolute atomic E-state index is 0.693. The van der Waals surface area contributed by atoms with E-state index in [1.165, 1.54) is 11.1 Å². The van der Waals surface area contributed by atoms with Crippen molar-refractivity contribution in [3.8, 4) is 12.3 Å². The topological polar surface area (TPSA) is 9.23 Å². The Hall–Kier alpha value is -1.52. The van der Waals surface area contributed by atoms with Crippen LogP contribution in [0.5, 0.6) is 0 Å². The molecule has 1 rings (SSSR count). The van der Waals surface area contributed by atoms with Gasteiger partial charge in [-0.1, -0.05) is 41.8 Å². The number of hydrogen-bond donors (Lipinski definition) is 0. The second-order valence-electron chi connectivity index (χ2n) is 3.80. The summed E-state index contributed by atoms with van der Waals surface area (Å²) in [7, 11) is 0. The Bertz CT molecular complexity index is 357. The third-order valence-electron chi connectivity index (χ3n) is 2.30. The van der Waals surface area contributed by atoms with Crippen molar-refractivity contribution in [3.63, 3.8) is 0 Å². The normalized spacial score (nSPS) is 11.1. The Morgan fingerprint density at radius 2 is 2.12 bits per heavy atom. The fourth-order valence-electron chi connectivity index (χ4n) is 1.43. The maximum Gasteiger partial charge on any atom is 0.0716 e. The molecular weight excluding hydrogens is 196 g/mol. The van der Waals surface area contributed by atoms with Crippen LogP contribution in [0.25, 0.3) is 0 Å². The quantitative estimate of drug-likeness (QED) is 0.519. The van der Waals surface area contributed by atoms with E-state index in [0.29, 0.717) is 6.61 Å². The molecule has 0 heterocycles. The monoisotopic (exact) mass is 214 g/mol. The highest BCUT2D eigenvalue weighted by Gasteiger charge is 1.93. The van der Waals surface area contributed by atoms with E-state index >= 15 is 0 Å². The lowest BCUT2D eigenvalue weighted by atomic mass is 10.1. The van der Waals surface area contributed by atoms with Crippen molar-refractivity contribution in [2.75, 3.05) is 6.61 Å². The maximum absolute atomic E-state index is 5.57. The van der Waals surface area contributed by atoms with Gasteiger partial charge >= 0.3 is 0 Å². The van der Waals surface area contributed by atoms with Crippen molar-refractivity contribution in [2.24, 2.45) is 0 Å². The van der Waals surface area contributed by atoms with E-state index in [1.807, 2.05) is 24.3 Å². The third-order valence-corrected chi connectivity index (χ3v) is 2.30. The van der Waals surface area contributed by atoms with Crippen LogP contribution in [0.1, 0.15) is 25.3 Å². The second kappa shape index (κ2) is 7.73. The van der Waals surface area contributed by atoms with E-state index in [4.69, 9.17) is 11.2 Å². The molecule has 0 aromatic heterocycles. The first kappa shape index (κ1) is 12.5. The second-order valence-corrected chi connectivity index (χ2v) is 3.80. The molecule has 1 heteroatoms. The van der Waals surface area contributed by atoms with Gasteiger partial charge in [-0.3, -0.25) is 0 Å². The highest BCUT2D eigenvalue weighted by atomic mass is 16.5. The first-order valence-corrected chi connectivity index (χ1v) is 5.56. The molecule has 1 aromatic carbocycles. The molecule has 0 amide bonds. The predicted molar refractivity (Wildman–Crippen MR) is 67.9 cm³/mol. The molecule has 0 atom stereocenters. The van der Waals surface area contributed by atoms with Gasteiger partial charge < -0.3 is 4.74 Å². The number of terminal acetylenes is 1.